The fraction of sp³-hybridized carbons (Fsp3) is 0.571. The van der Waals surface area contributed by atoms with Gasteiger partial charge in [-0.15, -0.1) is 0 Å². The minimum Gasteiger partial charge on any atom is -0.412 e. The molecule has 0 rings (SSSR count). The molecule has 0 aromatic heterocycles. The van der Waals surface area contributed by atoms with Gasteiger partial charge in [0.2, 0.25) is 0 Å². The maximum Gasteiger partial charge on any atom is 0.299 e. The first kappa shape index (κ1) is 29.2. The molecule has 0 aliphatic heterocycles. The standard InChI is InChI=1S/2C3H6O.CH2O.H2O3S.H2O/c2*1-3(2)4;1-2;1-4(2)3;/h2*1-2H3;1H2;(H2,1,2,3);1H2. The summed E-state index contributed by atoms with van der Waals surface area (Å²) in [6.45, 7) is 8.11. The number of hydrogen-bond donors (Lipinski definition) is 2. The monoisotopic (exact) mass is 246 g/mol. The van der Waals surface area contributed by atoms with E-state index in [-0.39, 0.29) is 17.0 Å². The van der Waals surface area contributed by atoms with Crippen LogP contribution in [-0.4, -0.2) is 37.1 Å². The molecular formula is C7H18O7S. The van der Waals surface area contributed by atoms with Crippen LogP contribution in [0.1, 0.15) is 27.7 Å². The van der Waals surface area contributed by atoms with Crippen molar-refractivity contribution in [2.24, 2.45) is 0 Å². The minimum atomic E-state index is -2.61. The summed E-state index contributed by atoms with van der Waals surface area (Å²) in [7, 11) is 0. The first-order valence-corrected chi connectivity index (χ1v) is 4.29. The lowest BCUT2D eigenvalue weighted by molar-refractivity contribution is -0.115. The molecule has 0 aromatic carbocycles. The number of rotatable bonds is 0. The van der Waals surface area contributed by atoms with E-state index in [1.165, 1.54) is 27.7 Å². The number of Topliss-reactive ketones (excluding diaryl/α,β-unsaturated/α-hetero) is 2. The van der Waals surface area contributed by atoms with E-state index >= 15 is 0 Å². The maximum absolute atomic E-state index is 9.44. The van der Waals surface area contributed by atoms with Gasteiger partial charge in [0, 0.05) is 0 Å². The van der Waals surface area contributed by atoms with Crippen LogP contribution in [0.3, 0.4) is 0 Å². The van der Waals surface area contributed by atoms with Gasteiger partial charge in [-0.3, -0.25) is 9.11 Å². The third-order valence-corrected chi connectivity index (χ3v) is 0. The Labute approximate surface area is 91.3 Å². The highest BCUT2D eigenvalue weighted by molar-refractivity contribution is 7.73. The van der Waals surface area contributed by atoms with Crippen molar-refractivity contribution in [1.29, 1.82) is 0 Å². The molecule has 8 heteroatoms. The van der Waals surface area contributed by atoms with Crippen LogP contribution in [0.25, 0.3) is 0 Å². The average molecular weight is 246 g/mol. The summed E-state index contributed by atoms with van der Waals surface area (Å²) in [6, 6.07) is 0. The van der Waals surface area contributed by atoms with E-state index in [1.807, 2.05) is 6.79 Å². The first-order valence-electron chi connectivity index (χ1n) is 3.23. The molecule has 94 valence electrons. The van der Waals surface area contributed by atoms with Crippen molar-refractivity contribution in [2.45, 2.75) is 27.7 Å². The molecule has 0 aromatic rings. The highest BCUT2D eigenvalue weighted by Gasteiger charge is 1.63. The lowest BCUT2D eigenvalue weighted by Gasteiger charge is -1.59. The zero-order valence-electron chi connectivity index (χ0n) is 9.14. The number of hydrogen-bond acceptors (Lipinski definition) is 4. The van der Waals surface area contributed by atoms with E-state index in [9.17, 15) is 9.59 Å². The Morgan fingerprint density at radius 1 is 0.933 bits per heavy atom. The quantitative estimate of drug-likeness (QED) is 0.570. The smallest absolute Gasteiger partial charge is 0.299 e. The Morgan fingerprint density at radius 2 is 0.933 bits per heavy atom. The van der Waals surface area contributed by atoms with Gasteiger partial charge >= 0.3 is 0 Å². The van der Waals surface area contributed by atoms with Gasteiger partial charge in [-0.1, -0.05) is 0 Å². The molecule has 0 saturated heterocycles. The summed E-state index contributed by atoms with van der Waals surface area (Å²) in [6.07, 6.45) is 0. The zero-order chi connectivity index (χ0) is 12.7. The van der Waals surface area contributed by atoms with E-state index in [2.05, 4.69) is 0 Å². The zero-order valence-corrected chi connectivity index (χ0v) is 9.96. The van der Waals surface area contributed by atoms with Gasteiger partial charge in [-0.05, 0) is 27.7 Å². The summed E-state index contributed by atoms with van der Waals surface area (Å²) in [5.74, 6) is 0.333. The summed E-state index contributed by atoms with van der Waals surface area (Å²) < 4.78 is 22.8. The van der Waals surface area contributed by atoms with Crippen molar-refractivity contribution in [1.82, 2.24) is 0 Å². The van der Waals surface area contributed by atoms with Crippen molar-refractivity contribution < 1.29 is 33.2 Å². The molecule has 4 N–H and O–H groups in total. The summed E-state index contributed by atoms with van der Waals surface area (Å²) in [4.78, 5) is 26.9. The average Bonchev–Trinajstić information content (AvgIpc) is 1.86. The van der Waals surface area contributed by atoms with Crippen LogP contribution in [-0.2, 0) is 25.7 Å². The van der Waals surface area contributed by atoms with Crippen LogP contribution in [0, 0.1) is 0 Å². The Bertz CT molecular complexity index is 128. The topological polar surface area (TPSA) is 140 Å². The Morgan fingerprint density at radius 3 is 0.933 bits per heavy atom. The van der Waals surface area contributed by atoms with Crippen molar-refractivity contribution in [3.05, 3.63) is 0 Å². The van der Waals surface area contributed by atoms with E-state index < -0.39 is 11.4 Å². The van der Waals surface area contributed by atoms with Gasteiger partial charge in [0.05, 0.1) is 0 Å². The van der Waals surface area contributed by atoms with E-state index in [0.717, 1.165) is 0 Å². The Kier molecular flexibility index (Phi) is 57.0. The van der Waals surface area contributed by atoms with Crippen LogP contribution < -0.4 is 0 Å². The van der Waals surface area contributed by atoms with Gasteiger partial charge in [-0.2, -0.15) is 4.21 Å². The molecule has 0 amide bonds. The van der Waals surface area contributed by atoms with Gasteiger partial charge in [0.1, 0.15) is 18.4 Å². The largest absolute Gasteiger partial charge is 0.412 e. The lowest BCUT2D eigenvalue weighted by Crippen LogP contribution is -1.74. The third-order valence-electron chi connectivity index (χ3n) is 0. The van der Waals surface area contributed by atoms with Crippen molar-refractivity contribution in [2.75, 3.05) is 0 Å². The van der Waals surface area contributed by atoms with Crippen molar-refractivity contribution >= 4 is 29.7 Å². The van der Waals surface area contributed by atoms with Gasteiger partial charge < -0.3 is 19.9 Å². The molecule has 0 radical (unpaired) electrons. The molecule has 0 aliphatic carbocycles. The summed E-state index contributed by atoms with van der Waals surface area (Å²) in [5.41, 5.74) is 0. The molecule has 0 atom stereocenters. The Hall–Kier alpha value is -0.960. The first-order chi connectivity index (χ1) is 6.20. The highest BCUT2D eigenvalue weighted by Crippen LogP contribution is 1.50. The maximum atomic E-state index is 9.44. The molecule has 0 heterocycles. The highest BCUT2D eigenvalue weighted by atomic mass is 32.2. The normalized spacial score (nSPS) is 6.07. The fourth-order valence-corrected chi connectivity index (χ4v) is 0. The van der Waals surface area contributed by atoms with Crippen LogP contribution in [0.4, 0.5) is 0 Å². The fourth-order valence-electron chi connectivity index (χ4n) is 0. The number of ketones is 2. The molecular weight excluding hydrogens is 228 g/mol. The van der Waals surface area contributed by atoms with Gasteiger partial charge in [0.25, 0.3) is 11.4 Å². The predicted molar refractivity (Wildman–Crippen MR) is 56.8 cm³/mol. The van der Waals surface area contributed by atoms with E-state index in [0.29, 0.717) is 0 Å². The van der Waals surface area contributed by atoms with Crippen molar-refractivity contribution in [3.63, 3.8) is 0 Å². The summed E-state index contributed by atoms with van der Waals surface area (Å²) in [5, 5.41) is 0. The van der Waals surface area contributed by atoms with Crippen LogP contribution >= 0.6 is 0 Å². The number of carbonyl (C=O) groups is 3. The molecule has 0 unspecified atom stereocenters. The van der Waals surface area contributed by atoms with Crippen LogP contribution in [0.15, 0.2) is 0 Å². The second-order valence-corrected chi connectivity index (χ2v) is 2.51. The SMILES string of the molecule is C=O.CC(C)=O.CC(C)=O.O.O=S(O)O. The molecule has 0 bridgehead atoms. The van der Waals surface area contributed by atoms with E-state index in [1.54, 1.807) is 0 Å². The third kappa shape index (κ3) is 1720. The van der Waals surface area contributed by atoms with Crippen molar-refractivity contribution in [3.8, 4) is 0 Å². The molecule has 15 heavy (non-hydrogen) atoms. The van der Waals surface area contributed by atoms with Crippen LogP contribution in [0.5, 0.6) is 0 Å². The molecule has 0 saturated carbocycles. The van der Waals surface area contributed by atoms with E-state index in [4.69, 9.17) is 18.1 Å². The number of carbonyl (C=O) groups excluding carboxylic acids is 3. The van der Waals surface area contributed by atoms with Gasteiger partial charge in [-0.25, -0.2) is 0 Å². The summed E-state index contributed by atoms with van der Waals surface area (Å²) >= 11 is -2.61. The van der Waals surface area contributed by atoms with Crippen LogP contribution in [0.2, 0.25) is 0 Å². The molecule has 0 aliphatic rings. The minimum absolute atomic E-state index is 0. The molecule has 0 spiro atoms. The Balaban J connectivity index is -0.0000000298. The van der Waals surface area contributed by atoms with Gasteiger partial charge in [0.15, 0.2) is 0 Å². The molecule has 7 nitrogen and oxygen atoms in total. The lowest BCUT2D eigenvalue weighted by atomic mass is 10.6. The second kappa shape index (κ2) is 29.2. The molecule has 0 fully saturated rings. The second-order valence-electron chi connectivity index (χ2n) is 2.05. The predicted octanol–water partition coefficient (Wildman–Crippen LogP) is -0.138.